The van der Waals surface area contributed by atoms with Gasteiger partial charge in [0, 0.05) is 10.9 Å². The highest BCUT2D eigenvalue weighted by molar-refractivity contribution is 6.04. The number of aromatic nitrogens is 1. The summed E-state index contributed by atoms with van der Waals surface area (Å²) in [5, 5.41) is 1.27. The standard InChI is InChI=1S/C24H17N/c1-16-6-2-3-10-21(16)18-8-4-9-19(14-18)23-15-20-13-12-17-7-5-11-22(25-23)24(17)20/h2-15H,1H3. The van der Waals surface area contributed by atoms with Gasteiger partial charge in [-0.3, -0.25) is 0 Å². The topological polar surface area (TPSA) is 12.9 Å². The molecule has 0 fully saturated rings. The van der Waals surface area contributed by atoms with Crippen LogP contribution in [0.2, 0.25) is 0 Å². The molecule has 118 valence electrons. The number of benzene rings is 3. The quantitative estimate of drug-likeness (QED) is 0.369. The molecule has 0 spiro atoms. The Morgan fingerprint density at radius 1 is 0.680 bits per heavy atom. The minimum atomic E-state index is 1.03. The van der Waals surface area contributed by atoms with Crippen molar-refractivity contribution < 1.29 is 0 Å². The highest BCUT2D eigenvalue weighted by atomic mass is 14.7. The molecule has 25 heavy (non-hydrogen) atoms. The van der Waals surface area contributed by atoms with Crippen molar-refractivity contribution in [2.24, 2.45) is 0 Å². The maximum absolute atomic E-state index is 4.92. The van der Waals surface area contributed by atoms with Gasteiger partial charge in [-0.1, -0.05) is 66.7 Å². The predicted octanol–water partition coefficient (Wildman–Crippen LogP) is 6.36. The molecule has 0 bridgehead atoms. The number of aryl methyl sites for hydroxylation is 1. The summed E-state index contributed by atoms with van der Waals surface area (Å²) in [6, 6.07) is 25.7. The van der Waals surface area contributed by atoms with E-state index < -0.39 is 0 Å². The van der Waals surface area contributed by atoms with E-state index in [1.807, 2.05) is 0 Å². The molecule has 0 unspecified atom stereocenters. The van der Waals surface area contributed by atoms with Crippen LogP contribution in [0.3, 0.4) is 0 Å². The maximum atomic E-state index is 4.92. The van der Waals surface area contributed by atoms with E-state index in [-0.39, 0.29) is 0 Å². The zero-order chi connectivity index (χ0) is 16.8. The van der Waals surface area contributed by atoms with Crippen LogP contribution in [-0.2, 0) is 0 Å². The molecule has 4 aromatic rings. The van der Waals surface area contributed by atoms with Crippen molar-refractivity contribution >= 4 is 23.1 Å². The summed E-state index contributed by atoms with van der Waals surface area (Å²) in [6.07, 6.45) is 4.36. The lowest BCUT2D eigenvalue weighted by atomic mass is 9.97. The fraction of sp³-hybridized carbons (Fsp3) is 0.0417. The third-order valence-electron chi connectivity index (χ3n) is 4.95. The van der Waals surface area contributed by atoms with E-state index >= 15 is 0 Å². The van der Waals surface area contributed by atoms with Gasteiger partial charge in [-0.25, -0.2) is 4.98 Å². The normalized spacial score (nSPS) is 12.0. The summed E-state index contributed by atoms with van der Waals surface area (Å²) in [7, 11) is 0. The molecular formula is C24H17N. The van der Waals surface area contributed by atoms with Crippen LogP contribution >= 0.6 is 0 Å². The van der Waals surface area contributed by atoms with Crippen LogP contribution < -0.4 is 0 Å². The van der Waals surface area contributed by atoms with Crippen LogP contribution in [0.25, 0.3) is 45.4 Å². The van der Waals surface area contributed by atoms with E-state index in [2.05, 4.69) is 91.9 Å². The van der Waals surface area contributed by atoms with Gasteiger partial charge in [-0.15, -0.1) is 0 Å². The maximum Gasteiger partial charge on any atom is 0.0721 e. The van der Waals surface area contributed by atoms with Gasteiger partial charge in [-0.2, -0.15) is 0 Å². The van der Waals surface area contributed by atoms with E-state index in [1.165, 1.54) is 33.2 Å². The highest BCUT2D eigenvalue weighted by Gasteiger charge is 2.13. The molecule has 0 atom stereocenters. The van der Waals surface area contributed by atoms with Crippen LogP contribution in [0, 0.1) is 6.92 Å². The van der Waals surface area contributed by atoms with Gasteiger partial charge in [0.1, 0.15) is 0 Å². The number of hydrogen-bond acceptors (Lipinski definition) is 1. The second kappa shape index (κ2) is 5.42. The van der Waals surface area contributed by atoms with Crippen LogP contribution in [0.4, 0.5) is 0 Å². The van der Waals surface area contributed by atoms with Gasteiger partial charge < -0.3 is 0 Å². The SMILES string of the molecule is Cc1ccccc1-c1cccc(-c2cc3c4c(cccc4n2)C=C3)c1. The molecule has 0 radical (unpaired) electrons. The molecule has 0 aliphatic heterocycles. The molecule has 0 amide bonds. The zero-order valence-electron chi connectivity index (χ0n) is 14.0. The first-order valence-corrected chi connectivity index (χ1v) is 8.58. The number of rotatable bonds is 2. The Balaban J connectivity index is 1.68. The van der Waals surface area contributed by atoms with Crippen molar-refractivity contribution in [2.75, 3.05) is 0 Å². The lowest BCUT2D eigenvalue weighted by Crippen LogP contribution is -1.90. The summed E-state index contributed by atoms with van der Waals surface area (Å²) in [5.74, 6) is 0. The third kappa shape index (κ3) is 2.28. The molecule has 0 saturated heterocycles. The number of nitrogens with zero attached hydrogens (tertiary/aromatic N) is 1. The van der Waals surface area contributed by atoms with Gasteiger partial charge in [0.15, 0.2) is 0 Å². The molecule has 1 aliphatic carbocycles. The lowest BCUT2D eigenvalue weighted by molar-refractivity contribution is 1.39. The number of hydrogen-bond donors (Lipinski definition) is 0. The van der Waals surface area contributed by atoms with Crippen molar-refractivity contribution in [1.82, 2.24) is 4.98 Å². The van der Waals surface area contributed by atoms with Crippen LogP contribution in [-0.4, -0.2) is 4.98 Å². The first-order valence-electron chi connectivity index (χ1n) is 8.58. The second-order valence-corrected chi connectivity index (χ2v) is 6.57. The van der Waals surface area contributed by atoms with Gasteiger partial charge in [0.05, 0.1) is 11.2 Å². The average Bonchev–Trinajstić information content (AvgIpc) is 3.07. The predicted molar refractivity (Wildman–Crippen MR) is 106 cm³/mol. The monoisotopic (exact) mass is 319 g/mol. The Bertz CT molecular complexity index is 1150. The molecule has 1 heteroatoms. The molecule has 1 nitrogen and oxygen atoms in total. The summed E-state index contributed by atoms with van der Waals surface area (Å²) in [5.41, 5.74) is 9.58. The van der Waals surface area contributed by atoms with Crippen molar-refractivity contribution in [1.29, 1.82) is 0 Å². The summed E-state index contributed by atoms with van der Waals surface area (Å²) in [6.45, 7) is 2.16. The van der Waals surface area contributed by atoms with Crippen molar-refractivity contribution in [2.45, 2.75) is 6.92 Å². The summed E-state index contributed by atoms with van der Waals surface area (Å²) < 4.78 is 0. The molecular weight excluding hydrogens is 302 g/mol. The smallest absolute Gasteiger partial charge is 0.0721 e. The summed E-state index contributed by atoms with van der Waals surface area (Å²) >= 11 is 0. The van der Waals surface area contributed by atoms with E-state index in [0.29, 0.717) is 0 Å². The second-order valence-electron chi connectivity index (χ2n) is 6.57. The molecule has 1 aromatic heterocycles. The van der Waals surface area contributed by atoms with Crippen LogP contribution in [0.15, 0.2) is 72.8 Å². The largest absolute Gasteiger partial charge is 0.248 e. The Labute approximate surface area is 147 Å². The van der Waals surface area contributed by atoms with E-state index in [9.17, 15) is 0 Å². The fourth-order valence-electron chi connectivity index (χ4n) is 3.69. The Morgan fingerprint density at radius 3 is 2.40 bits per heavy atom. The van der Waals surface area contributed by atoms with E-state index in [4.69, 9.17) is 4.98 Å². The van der Waals surface area contributed by atoms with Gasteiger partial charge in [0.2, 0.25) is 0 Å². The molecule has 3 aromatic carbocycles. The van der Waals surface area contributed by atoms with Gasteiger partial charge in [-0.05, 0) is 52.9 Å². The lowest BCUT2D eigenvalue weighted by Gasteiger charge is -2.10. The van der Waals surface area contributed by atoms with Crippen molar-refractivity contribution in [3.8, 4) is 22.4 Å². The zero-order valence-corrected chi connectivity index (χ0v) is 14.0. The average molecular weight is 319 g/mol. The van der Waals surface area contributed by atoms with Crippen molar-refractivity contribution in [3.63, 3.8) is 0 Å². The Hall–Kier alpha value is -3.19. The van der Waals surface area contributed by atoms with Gasteiger partial charge in [0.25, 0.3) is 0 Å². The first-order chi connectivity index (χ1) is 12.3. The molecule has 1 aliphatic rings. The highest BCUT2D eigenvalue weighted by Crippen LogP contribution is 2.34. The summed E-state index contributed by atoms with van der Waals surface area (Å²) in [4.78, 5) is 4.92. The first kappa shape index (κ1) is 14.2. The van der Waals surface area contributed by atoms with E-state index in [1.54, 1.807) is 0 Å². The molecule has 0 N–H and O–H groups in total. The Kier molecular flexibility index (Phi) is 3.07. The number of pyridine rings is 1. The Morgan fingerprint density at radius 2 is 1.48 bits per heavy atom. The fourth-order valence-corrected chi connectivity index (χ4v) is 3.69. The van der Waals surface area contributed by atoms with Crippen molar-refractivity contribution in [3.05, 3.63) is 89.5 Å². The van der Waals surface area contributed by atoms with Crippen LogP contribution in [0.5, 0.6) is 0 Å². The third-order valence-corrected chi connectivity index (χ3v) is 4.95. The molecule has 5 rings (SSSR count). The minimum Gasteiger partial charge on any atom is -0.248 e. The molecule has 0 saturated carbocycles. The molecule has 1 heterocycles. The van der Waals surface area contributed by atoms with Gasteiger partial charge >= 0.3 is 0 Å². The van der Waals surface area contributed by atoms with Crippen LogP contribution in [0.1, 0.15) is 16.7 Å². The minimum absolute atomic E-state index is 1.03. The van der Waals surface area contributed by atoms with E-state index in [0.717, 1.165) is 16.8 Å².